The van der Waals surface area contributed by atoms with Crippen LogP contribution in [0.15, 0.2) is 33.7 Å². The number of rotatable bonds is 4. The highest BCUT2D eigenvalue weighted by Crippen LogP contribution is 2.30. The summed E-state index contributed by atoms with van der Waals surface area (Å²) >= 11 is 1.68. The zero-order valence-corrected chi connectivity index (χ0v) is 17.4. The Morgan fingerprint density at radius 2 is 2.04 bits per heavy atom. The summed E-state index contributed by atoms with van der Waals surface area (Å²) in [6.07, 6.45) is 3.48. The maximum atomic E-state index is 13.2. The molecule has 3 heterocycles. The molecule has 2 saturated heterocycles. The summed E-state index contributed by atoms with van der Waals surface area (Å²) in [7, 11) is 0. The summed E-state index contributed by atoms with van der Waals surface area (Å²) in [4.78, 5) is 16.3. The van der Waals surface area contributed by atoms with E-state index in [0.717, 1.165) is 52.7 Å². The van der Waals surface area contributed by atoms with E-state index in [1.165, 1.54) is 12.8 Å². The van der Waals surface area contributed by atoms with Gasteiger partial charge in [0, 0.05) is 41.4 Å². The molecular weight excluding hydrogens is 382 g/mol. The molecule has 2 bridgehead atoms. The second kappa shape index (κ2) is 8.67. The molecule has 2 aliphatic heterocycles. The van der Waals surface area contributed by atoms with E-state index in [1.807, 2.05) is 43.0 Å². The Kier molecular flexibility index (Phi) is 6.50. The van der Waals surface area contributed by atoms with E-state index in [4.69, 9.17) is 4.52 Å². The van der Waals surface area contributed by atoms with Crippen LogP contribution in [-0.4, -0.2) is 41.1 Å². The number of thioether (sulfide) groups is 1. The van der Waals surface area contributed by atoms with Crippen molar-refractivity contribution in [2.24, 2.45) is 0 Å². The van der Waals surface area contributed by atoms with Crippen LogP contribution >= 0.6 is 24.2 Å². The van der Waals surface area contributed by atoms with Gasteiger partial charge in [-0.25, -0.2) is 0 Å². The highest BCUT2D eigenvalue weighted by Gasteiger charge is 2.32. The largest absolute Gasteiger partial charge is 0.361 e. The third-order valence-corrected chi connectivity index (χ3v) is 6.58. The van der Waals surface area contributed by atoms with E-state index in [2.05, 4.69) is 10.5 Å². The molecule has 27 heavy (non-hydrogen) atoms. The Morgan fingerprint density at radius 1 is 1.26 bits per heavy atom. The molecule has 1 aromatic carbocycles. The molecule has 146 valence electrons. The summed E-state index contributed by atoms with van der Waals surface area (Å²) in [5.41, 5.74) is 2.85. The maximum absolute atomic E-state index is 13.2. The van der Waals surface area contributed by atoms with Crippen molar-refractivity contribution in [2.45, 2.75) is 55.8 Å². The first-order valence-corrected chi connectivity index (χ1v) is 10.3. The molecule has 1 aromatic heterocycles. The molecule has 2 aromatic rings. The average molecular weight is 408 g/mol. The lowest BCUT2D eigenvalue weighted by molar-refractivity contribution is 0.0744. The highest BCUT2D eigenvalue weighted by atomic mass is 35.5. The van der Waals surface area contributed by atoms with Gasteiger partial charge in [-0.2, -0.15) is 0 Å². The van der Waals surface area contributed by atoms with Crippen LogP contribution in [0.1, 0.15) is 46.6 Å². The molecule has 2 fully saturated rings. The van der Waals surface area contributed by atoms with Gasteiger partial charge in [0.2, 0.25) is 0 Å². The number of hydrogen-bond acceptors (Lipinski definition) is 5. The predicted octanol–water partition coefficient (Wildman–Crippen LogP) is 3.97. The number of benzene rings is 1. The van der Waals surface area contributed by atoms with Crippen molar-refractivity contribution in [3.8, 4) is 0 Å². The first-order valence-electron chi connectivity index (χ1n) is 9.30. The van der Waals surface area contributed by atoms with Gasteiger partial charge in [0.1, 0.15) is 5.76 Å². The first-order chi connectivity index (χ1) is 12.6. The van der Waals surface area contributed by atoms with Gasteiger partial charge in [-0.05, 0) is 45.2 Å². The number of likely N-dealkylation sites (tertiary alicyclic amines) is 1. The normalized spacial score (nSPS) is 21.6. The third-order valence-electron chi connectivity index (χ3n) is 5.48. The first kappa shape index (κ1) is 20.2. The minimum absolute atomic E-state index is 0. The predicted molar refractivity (Wildman–Crippen MR) is 110 cm³/mol. The molecule has 2 unspecified atom stereocenters. The Morgan fingerprint density at radius 3 is 2.81 bits per heavy atom. The zero-order chi connectivity index (χ0) is 18.1. The van der Waals surface area contributed by atoms with E-state index in [9.17, 15) is 4.79 Å². The van der Waals surface area contributed by atoms with Crippen molar-refractivity contribution in [2.75, 3.05) is 13.1 Å². The lowest BCUT2D eigenvalue weighted by atomic mass is 10.1. The molecule has 0 aliphatic carbocycles. The molecule has 7 heteroatoms. The molecule has 1 N–H and O–H groups in total. The van der Waals surface area contributed by atoms with Crippen LogP contribution in [0.5, 0.6) is 0 Å². The summed E-state index contributed by atoms with van der Waals surface area (Å²) in [5, 5.41) is 7.66. The number of hydrogen-bond donors (Lipinski definition) is 1. The molecule has 1 amide bonds. The van der Waals surface area contributed by atoms with Gasteiger partial charge in [-0.1, -0.05) is 17.3 Å². The van der Waals surface area contributed by atoms with Crippen molar-refractivity contribution in [1.29, 1.82) is 0 Å². The molecule has 0 saturated carbocycles. The fraction of sp³-hybridized carbons (Fsp3) is 0.500. The van der Waals surface area contributed by atoms with E-state index in [-0.39, 0.29) is 18.3 Å². The number of carbonyl (C=O) groups excluding carboxylic acids is 1. The fourth-order valence-electron chi connectivity index (χ4n) is 3.92. The van der Waals surface area contributed by atoms with E-state index >= 15 is 0 Å². The van der Waals surface area contributed by atoms with Crippen LogP contribution in [-0.2, 0) is 5.75 Å². The number of nitrogens with one attached hydrogen (secondary N) is 1. The summed E-state index contributed by atoms with van der Waals surface area (Å²) in [5.74, 6) is 1.77. The molecule has 0 spiro atoms. The summed E-state index contributed by atoms with van der Waals surface area (Å²) < 4.78 is 5.25. The molecule has 0 radical (unpaired) electrons. The number of aryl methyl sites for hydroxylation is 2. The lowest BCUT2D eigenvalue weighted by Crippen LogP contribution is -2.39. The van der Waals surface area contributed by atoms with Gasteiger partial charge in [0.05, 0.1) is 11.3 Å². The highest BCUT2D eigenvalue weighted by molar-refractivity contribution is 7.98. The quantitative estimate of drug-likeness (QED) is 0.777. The van der Waals surface area contributed by atoms with E-state index in [1.54, 1.807) is 11.8 Å². The number of aromatic nitrogens is 1. The van der Waals surface area contributed by atoms with Crippen LogP contribution in [0, 0.1) is 13.8 Å². The third kappa shape index (κ3) is 4.33. The second-order valence-electron chi connectivity index (χ2n) is 7.27. The van der Waals surface area contributed by atoms with Gasteiger partial charge in [-0.3, -0.25) is 4.79 Å². The minimum Gasteiger partial charge on any atom is -0.361 e. The van der Waals surface area contributed by atoms with Gasteiger partial charge in [0.15, 0.2) is 0 Å². The van der Waals surface area contributed by atoms with Crippen molar-refractivity contribution in [3.63, 3.8) is 0 Å². The van der Waals surface area contributed by atoms with Gasteiger partial charge in [-0.15, -0.1) is 24.2 Å². The van der Waals surface area contributed by atoms with Crippen molar-refractivity contribution >= 4 is 30.1 Å². The Hall–Kier alpha value is -1.50. The summed E-state index contributed by atoms with van der Waals surface area (Å²) in [6.45, 7) is 5.56. The van der Waals surface area contributed by atoms with Crippen molar-refractivity contribution in [3.05, 3.63) is 46.8 Å². The SMILES string of the molecule is Cc1noc(C)c1CSc1ccccc1C(=O)N1CCC2CCC(C1)N2.Cl. The van der Waals surface area contributed by atoms with Gasteiger partial charge in [0.25, 0.3) is 5.91 Å². The lowest BCUT2D eigenvalue weighted by Gasteiger charge is -2.25. The number of halogens is 1. The number of amides is 1. The number of carbonyl (C=O) groups is 1. The number of nitrogens with zero attached hydrogens (tertiary/aromatic N) is 2. The molecular formula is C20H26ClN3O2S. The minimum atomic E-state index is 0. The average Bonchev–Trinajstić information content (AvgIpc) is 3.14. The topological polar surface area (TPSA) is 58.4 Å². The fourth-order valence-corrected chi connectivity index (χ4v) is 5.12. The number of fused-ring (bicyclic) bond motifs is 2. The van der Waals surface area contributed by atoms with Gasteiger partial charge < -0.3 is 14.7 Å². The van der Waals surface area contributed by atoms with Crippen LogP contribution in [0.2, 0.25) is 0 Å². The van der Waals surface area contributed by atoms with Crippen LogP contribution in [0.4, 0.5) is 0 Å². The molecule has 2 atom stereocenters. The Labute approximate surface area is 170 Å². The summed E-state index contributed by atoms with van der Waals surface area (Å²) in [6, 6.07) is 8.98. The maximum Gasteiger partial charge on any atom is 0.255 e. The van der Waals surface area contributed by atoms with Crippen LogP contribution < -0.4 is 5.32 Å². The van der Waals surface area contributed by atoms with Crippen LogP contribution in [0.25, 0.3) is 0 Å². The van der Waals surface area contributed by atoms with E-state index < -0.39 is 0 Å². The Balaban J connectivity index is 0.00000210. The molecule has 2 aliphatic rings. The molecule has 5 nitrogen and oxygen atoms in total. The smallest absolute Gasteiger partial charge is 0.255 e. The zero-order valence-electron chi connectivity index (χ0n) is 15.7. The van der Waals surface area contributed by atoms with Gasteiger partial charge >= 0.3 is 0 Å². The standard InChI is InChI=1S/C20H25N3O2S.ClH/c1-13-18(14(2)25-22-13)12-26-19-6-4-3-5-17(19)20(24)23-10-9-15-7-8-16(11-23)21-15;/h3-6,15-16,21H,7-12H2,1-2H3;1H. The van der Waals surface area contributed by atoms with Crippen molar-refractivity contribution < 1.29 is 9.32 Å². The Bertz CT molecular complexity index is 791. The monoisotopic (exact) mass is 407 g/mol. The molecule has 4 rings (SSSR count). The van der Waals surface area contributed by atoms with E-state index in [0.29, 0.717) is 12.1 Å². The van der Waals surface area contributed by atoms with Crippen LogP contribution in [0.3, 0.4) is 0 Å². The van der Waals surface area contributed by atoms with Crippen molar-refractivity contribution in [1.82, 2.24) is 15.4 Å². The second-order valence-corrected chi connectivity index (χ2v) is 8.28.